The molecule has 0 aromatic heterocycles. The third kappa shape index (κ3) is 3.13. The van der Waals surface area contributed by atoms with Gasteiger partial charge >= 0.3 is 6.18 Å². The number of hydrogen-bond donors (Lipinski definition) is 1. The molecule has 0 aliphatic rings. The third-order valence-corrected chi connectivity index (χ3v) is 2.10. The Morgan fingerprint density at radius 2 is 2.00 bits per heavy atom. The van der Waals surface area contributed by atoms with Gasteiger partial charge in [-0.2, -0.15) is 13.2 Å². The van der Waals surface area contributed by atoms with E-state index in [1.54, 1.807) is 0 Å². The van der Waals surface area contributed by atoms with Gasteiger partial charge in [-0.05, 0) is 31.0 Å². The van der Waals surface area contributed by atoms with Crippen LogP contribution in [0.25, 0.3) is 0 Å². The fraction of sp³-hybridized carbons (Fsp3) is 0.455. The number of aliphatic hydroxyl groups is 1. The summed E-state index contributed by atoms with van der Waals surface area (Å²) in [5.41, 5.74) is -0.378. The molecule has 90 valence electrons. The van der Waals surface area contributed by atoms with E-state index in [0.717, 1.165) is 6.07 Å². The standard InChI is InChI=1S/C11H13F3O2/c1-7(15)5-8-3-4-10(16-2)9(6-8)11(12,13)14/h3-4,6-7,15H,5H2,1-2H3. The van der Waals surface area contributed by atoms with Crippen LogP contribution in [0.4, 0.5) is 13.2 Å². The number of aliphatic hydroxyl groups excluding tert-OH is 1. The second-order valence-corrected chi connectivity index (χ2v) is 3.59. The molecule has 0 spiro atoms. The first-order valence-corrected chi connectivity index (χ1v) is 4.76. The van der Waals surface area contributed by atoms with Crippen molar-refractivity contribution in [3.63, 3.8) is 0 Å². The van der Waals surface area contributed by atoms with Gasteiger partial charge in [0.15, 0.2) is 0 Å². The first-order chi connectivity index (χ1) is 7.34. The van der Waals surface area contributed by atoms with E-state index in [1.165, 1.54) is 26.2 Å². The Balaban J connectivity index is 3.12. The molecule has 0 amide bonds. The first kappa shape index (κ1) is 12.8. The summed E-state index contributed by atoms with van der Waals surface area (Å²) in [5.74, 6) is -0.207. The number of ether oxygens (including phenoxy) is 1. The van der Waals surface area contributed by atoms with Crippen LogP contribution >= 0.6 is 0 Å². The Labute approximate surface area is 91.7 Å². The summed E-state index contributed by atoms with van der Waals surface area (Å²) >= 11 is 0. The summed E-state index contributed by atoms with van der Waals surface area (Å²) in [6, 6.07) is 3.78. The molecule has 0 aliphatic carbocycles. The largest absolute Gasteiger partial charge is 0.496 e. The van der Waals surface area contributed by atoms with E-state index < -0.39 is 17.8 Å². The van der Waals surface area contributed by atoms with E-state index >= 15 is 0 Å². The van der Waals surface area contributed by atoms with Crippen molar-refractivity contribution in [3.8, 4) is 5.75 Å². The fourth-order valence-corrected chi connectivity index (χ4v) is 1.44. The highest BCUT2D eigenvalue weighted by molar-refractivity contribution is 5.39. The zero-order valence-electron chi connectivity index (χ0n) is 9.01. The highest BCUT2D eigenvalue weighted by Gasteiger charge is 2.34. The monoisotopic (exact) mass is 234 g/mol. The number of methoxy groups -OCH3 is 1. The Morgan fingerprint density at radius 3 is 2.44 bits per heavy atom. The number of benzene rings is 1. The Kier molecular flexibility index (Phi) is 3.80. The van der Waals surface area contributed by atoms with Gasteiger partial charge in [0.2, 0.25) is 0 Å². The number of halogens is 3. The van der Waals surface area contributed by atoms with Gasteiger partial charge in [-0.1, -0.05) is 6.07 Å². The van der Waals surface area contributed by atoms with Crippen LogP contribution in [0.5, 0.6) is 5.75 Å². The van der Waals surface area contributed by atoms with E-state index in [-0.39, 0.29) is 12.2 Å². The third-order valence-electron chi connectivity index (χ3n) is 2.10. The van der Waals surface area contributed by atoms with Gasteiger partial charge in [0, 0.05) is 0 Å². The summed E-state index contributed by atoms with van der Waals surface area (Å²) in [4.78, 5) is 0. The lowest BCUT2D eigenvalue weighted by atomic mass is 10.0. The maximum absolute atomic E-state index is 12.6. The minimum atomic E-state index is -4.44. The van der Waals surface area contributed by atoms with Crippen LogP contribution in [0, 0.1) is 0 Å². The van der Waals surface area contributed by atoms with E-state index in [4.69, 9.17) is 5.11 Å². The molecule has 0 aliphatic heterocycles. The topological polar surface area (TPSA) is 29.5 Å². The van der Waals surface area contributed by atoms with Crippen LogP contribution in [0.1, 0.15) is 18.1 Å². The first-order valence-electron chi connectivity index (χ1n) is 4.76. The highest BCUT2D eigenvalue weighted by Crippen LogP contribution is 2.36. The zero-order valence-corrected chi connectivity index (χ0v) is 9.01. The van der Waals surface area contributed by atoms with E-state index in [0.29, 0.717) is 5.56 Å². The molecule has 1 N–H and O–H groups in total. The summed E-state index contributed by atoms with van der Waals surface area (Å²) < 4.78 is 42.5. The van der Waals surface area contributed by atoms with E-state index in [9.17, 15) is 13.2 Å². The normalized spacial score (nSPS) is 13.6. The molecule has 1 unspecified atom stereocenters. The predicted octanol–water partition coefficient (Wildman–Crippen LogP) is 2.64. The maximum Gasteiger partial charge on any atom is 0.419 e. The summed E-state index contributed by atoms with van der Waals surface area (Å²) in [5, 5.41) is 9.11. The van der Waals surface area contributed by atoms with Crippen molar-refractivity contribution >= 4 is 0 Å². The van der Waals surface area contributed by atoms with Crippen molar-refractivity contribution in [2.24, 2.45) is 0 Å². The Hall–Kier alpha value is -1.23. The molecular weight excluding hydrogens is 221 g/mol. The van der Waals surface area contributed by atoms with Crippen LogP contribution in [0.2, 0.25) is 0 Å². The SMILES string of the molecule is COc1ccc(CC(C)O)cc1C(F)(F)F. The summed E-state index contributed by atoms with van der Waals surface area (Å²) in [7, 11) is 1.19. The smallest absolute Gasteiger partial charge is 0.419 e. The van der Waals surface area contributed by atoms with Gasteiger partial charge in [-0.3, -0.25) is 0 Å². The van der Waals surface area contributed by atoms with Crippen molar-refractivity contribution in [1.82, 2.24) is 0 Å². The van der Waals surface area contributed by atoms with E-state index in [1.807, 2.05) is 0 Å². The van der Waals surface area contributed by atoms with Gasteiger partial charge in [0.25, 0.3) is 0 Å². The number of hydrogen-bond acceptors (Lipinski definition) is 2. The van der Waals surface area contributed by atoms with Crippen LogP contribution < -0.4 is 4.74 Å². The lowest BCUT2D eigenvalue weighted by Gasteiger charge is -2.14. The molecule has 2 nitrogen and oxygen atoms in total. The van der Waals surface area contributed by atoms with E-state index in [2.05, 4.69) is 4.74 Å². The van der Waals surface area contributed by atoms with Gasteiger partial charge in [0.05, 0.1) is 18.8 Å². The number of alkyl halides is 3. The molecule has 0 heterocycles. The van der Waals surface area contributed by atoms with Gasteiger partial charge < -0.3 is 9.84 Å². The Morgan fingerprint density at radius 1 is 1.38 bits per heavy atom. The van der Waals surface area contributed by atoms with Gasteiger partial charge in [0.1, 0.15) is 5.75 Å². The quantitative estimate of drug-likeness (QED) is 0.871. The molecule has 5 heteroatoms. The molecule has 1 aromatic carbocycles. The average molecular weight is 234 g/mol. The van der Waals surface area contributed by atoms with Crippen LogP contribution in [-0.4, -0.2) is 18.3 Å². The van der Waals surface area contributed by atoms with Crippen LogP contribution in [0.3, 0.4) is 0 Å². The molecule has 0 bridgehead atoms. The molecule has 0 fully saturated rings. The number of rotatable bonds is 3. The second-order valence-electron chi connectivity index (χ2n) is 3.59. The molecule has 0 radical (unpaired) electrons. The molecule has 1 rings (SSSR count). The van der Waals surface area contributed by atoms with Crippen molar-refractivity contribution in [2.75, 3.05) is 7.11 Å². The fourth-order valence-electron chi connectivity index (χ4n) is 1.44. The second kappa shape index (κ2) is 4.74. The summed E-state index contributed by atoms with van der Waals surface area (Å²) in [6.45, 7) is 1.53. The van der Waals surface area contributed by atoms with Crippen LogP contribution in [-0.2, 0) is 12.6 Å². The Bertz CT molecular complexity index is 359. The maximum atomic E-state index is 12.6. The predicted molar refractivity (Wildman–Crippen MR) is 53.4 cm³/mol. The van der Waals surface area contributed by atoms with Crippen LogP contribution in [0.15, 0.2) is 18.2 Å². The van der Waals surface area contributed by atoms with Crippen molar-refractivity contribution in [3.05, 3.63) is 29.3 Å². The summed E-state index contributed by atoms with van der Waals surface area (Å²) in [6.07, 6.45) is -4.93. The lowest BCUT2D eigenvalue weighted by Crippen LogP contribution is -2.10. The molecule has 0 saturated carbocycles. The molecule has 1 aromatic rings. The minimum Gasteiger partial charge on any atom is -0.496 e. The highest BCUT2D eigenvalue weighted by atomic mass is 19.4. The molecule has 0 saturated heterocycles. The van der Waals surface area contributed by atoms with Crippen molar-refractivity contribution < 1.29 is 23.0 Å². The minimum absolute atomic E-state index is 0.188. The molecule has 16 heavy (non-hydrogen) atoms. The van der Waals surface area contributed by atoms with Crippen molar-refractivity contribution in [2.45, 2.75) is 25.6 Å². The zero-order chi connectivity index (χ0) is 12.3. The molecular formula is C11H13F3O2. The molecule has 1 atom stereocenters. The average Bonchev–Trinajstić information content (AvgIpc) is 2.15. The van der Waals surface area contributed by atoms with Gasteiger partial charge in [-0.15, -0.1) is 0 Å². The van der Waals surface area contributed by atoms with Crippen molar-refractivity contribution in [1.29, 1.82) is 0 Å². The lowest BCUT2D eigenvalue weighted by molar-refractivity contribution is -0.138. The van der Waals surface area contributed by atoms with Gasteiger partial charge in [-0.25, -0.2) is 0 Å².